The Balaban J connectivity index is 2.18. The minimum absolute atomic E-state index is 0.210. The highest BCUT2D eigenvalue weighted by atomic mass is 79.9. The first-order valence-corrected chi connectivity index (χ1v) is 8.03. The van der Waals surface area contributed by atoms with Crippen molar-refractivity contribution in [3.8, 4) is 0 Å². The Kier molecular flexibility index (Phi) is 7.82. The molecule has 1 amide bonds. The number of benzene rings is 1. The van der Waals surface area contributed by atoms with E-state index < -0.39 is 5.82 Å². The fourth-order valence-corrected chi connectivity index (χ4v) is 2.22. The van der Waals surface area contributed by atoms with Crippen LogP contribution in [0.1, 0.15) is 56.3 Å². The van der Waals surface area contributed by atoms with Crippen molar-refractivity contribution in [2.45, 2.75) is 46.0 Å². The molecule has 0 radical (unpaired) electrons. The van der Waals surface area contributed by atoms with Gasteiger partial charge >= 0.3 is 0 Å². The molecule has 0 saturated carbocycles. The zero-order valence-corrected chi connectivity index (χ0v) is 13.8. The van der Waals surface area contributed by atoms with Crippen LogP contribution in [0.5, 0.6) is 0 Å². The maximum atomic E-state index is 13.3. The summed E-state index contributed by atoms with van der Waals surface area (Å²) >= 11 is 3.07. The number of carbonyl (C=O) groups is 1. The van der Waals surface area contributed by atoms with Crippen molar-refractivity contribution in [1.82, 2.24) is 5.32 Å². The number of hydrogen-bond donors (Lipinski definition) is 1. The van der Waals surface area contributed by atoms with Crippen molar-refractivity contribution in [3.05, 3.63) is 34.1 Å². The average molecular weight is 344 g/mol. The van der Waals surface area contributed by atoms with E-state index in [4.69, 9.17) is 0 Å². The normalized spacial score (nSPS) is 10.8. The predicted octanol–water partition coefficient (Wildman–Crippen LogP) is 4.92. The van der Waals surface area contributed by atoms with Gasteiger partial charge in [-0.25, -0.2) is 4.39 Å². The average Bonchev–Trinajstić information content (AvgIpc) is 2.40. The van der Waals surface area contributed by atoms with Crippen LogP contribution in [0.4, 0.5) is 4.39 Å². The van der Waals surface area contributed by atoms with Gasteiger partial charge in [0.1, 0.15) is 5.82 Å². The standard InChI is InChI=1S/C16H23BrFNO/c1-12(2)7-5-3-4-6-10-19-16(20)13-8-9-14(17)15(18)11-13/h8-9,11-12H,3-7,10H2,1-2H3,(H,19,20). The molecule has 0 bridgehead atoms. The van der Waals surface area contributed by atoms with Gasteiger partial charge in [0.2, 0.25) is 0 Å². The molecule has 0 aliphatic rings. The van der Waals surface area contributed by atoms with Gasteiger partial charge in [-0.15, -0.1) is 0 Å². The quantitative estimate of drug-likeness (QED) is 0.666. The van der Waals surface area contributed by atoms with Crippen LogP contribution in [0.2, 0.25) is 0 Å². The lowest BCUT2D eigenvalue weighted by Crippen LogP contribution is -2.24. The van der Waals surface area contributed by atoms with Gasteiger partial charge in [0.15, 0.2) is 0 Å². The SMILES string of the molecule is CC(C)CCCCCCNC(=O)c1ccc(Br)c(F)c1. The molecular weight excluding hydrogens is 321 g/mol. The highest BCUT2D eigenvalue weighted by Crippen LogP contribution is 2.16. The second-order valence-electron chi connectivity index (χ2n) is 5.48. The molecule has 1 aromatic carbocycles. The number of carbonyl (C=O) groups excluding carboxylic acids is 1. The van der Waals surface area contributed by atoms with Crippen LogP contribution in [-0.4, -0.2) is 12.5 Å². The molecule has 0 atom stereocenters. The molecule has 0 fully saturated rings. The minimum atomic E-state index is -0.411. The molecule has 0 unspecified atom stereocenters. The summed E-state index contributed by atoms with van der Waals surface area (Å²) in [5.41, 5.74) is 0.366. The lowest BCUT2D eigenvalue weighted by atomic mass is 10.0. The Morgan fingerprint density at radius 3 is 2.60 bits per heavy atom. The van der Waals surface area contributed by atoms with Crippen LogP contribution >= 0.6 is 15.9 Å². The molecule has 1 N–H and O–H groups in total. The van der Waals surface area contributed by atoms with Gasteiger partial charge in [-0.2, -0.15) is 0 Å². The molecule has 0 spiro atoms. The third-order valence-corrected chi connectivity index (χ3v) is 3.82. The second-order valence-corrected chi connectivity index (χ2v) is 6.34. The van der Waals surface area contributed by atoms with E-state index in [0.29, 0.717) is 16.6 Å². The number of hydrogen-bond acceptors (Lipinski definition) is 1. The third kappa shape index (κ3) is 6.51. The second kappa shape index (κ2) is 9.11. The molecule has 0 saturated heterocycles. The van der Waals surface area contributed by atoms with E-state index in [2.05, 4.69) is 35.1 Å². The maximum absolute atomic E-state index is 13.3. The van der Waals surface area contributed by atoms with Gasteiger partial charge in [-0.05, 0) is 46.5 Å². The van der Waals surface area contributed by atoms with Crippen molar-refractivity contribution in [2.75, 3.05) is 6.54 Å². The summed E-state index contributed by atoms with van der Waals surface area (Å²) in [6.45, 7) is 5.12. The Hall–Kier alpha value is -0.900. The molecule has 2 nitrogen and oxygen atoms in total. The third-order valence-electron chi connectivity index (χ3n) is 3.18. The highest BCUT2D eigenvalue weighted by Gasteiger charge is 2.07. The van der Waals surface area contributed by atoms with Crippen molar-refractivity contribution >= 4 is 21.8 Å². The summed E-state index contributed by atoms with van der Waals surface area (Å²) in [7, 11) is 0. The first-order valence-electron chi connectivity index (χ1n) is 7.24. The van der Waals surface area contributed by atoms with E-state index >= 15 is 0 Å². The van der Waals surface area contributed by atoms with Crippen molar-refractivity contribution in [1.29, 1.82) is 0 Å². The number of unbranched alkanes of at least 4 members (excludes halogenated alkanes) is 3. The highest BCUT2D eigenvalue weighted by molar-refractivity contribution is 9.10. The van der Waals surface area contributed by atoms with Gasteiger partial charge in [0.05, 0.1) is 4.47 Å². The summed E-state index contributed by atoms with van der Waals surface area (Å²) in [5.74, 6) is 0.145. The lowest BCUT2D eigenvalue weighted by molar-refractivity contribution is 0.0952. The van der Waals surface area contributed by atoms with E-state index in [1.54, 1.807) is 12.1 Å². The Labute approximate surface area is 129 Å². The van der Waals surface area contributed by atoms with E-state index in [-0.39, 0.29) is 5.91 Å². The largest absolute Gasteiger partial charge is 0.352 e. The molecule has 1 aromatic rings. The van der Waals surface area contributed by atoms with E-state index in [1.807, 2.05) is 0 Å². The van der Waals surface area contributed by atoms with Gasteiger partial charge in [0.25, 0.3) is 5.91 Å². The molecule has 4 heteroatoms. The Morgan fingerprint density at radius 1 is 1.25 bits per heavy atom. The number of rotatable bonds is 8. The van der Waals surface area contributed by atoms with Gasteiger partial charge in [-0.3, -0.25) is 4.79 Å². The molecule has 0 heterocycles. The Morgan fingerprint density at radius 2 is 1.95 bits per heavy atom. The van der Waals surface area contributed by atoms with E-state index in [1.165, 1.54) is 25.3 Å². The monoisotopic (exact) mass is 343 g/mol. The van der Waals surface area contributed by atoms with Crippen molar-refractivity contribution < 1.29 is 9.18 Å². The summed E-state index contributed by atoms with van der Waals surface area (Å²) in [4.78, 5) is 11.8. The predicted molar refractivity (Wildman–Crippen MR) is 84.4 cm³/mol. The van der Waals surface area contributed by atoms with Crippen LogP contribution in [0.15, 0.2) is 22.7 Å². The maximum Gasteiger partial charge on any atom is 0.251 e. The first kappa shape index (κ1) is 17.2. The zero-order chi connectivity index (χ0) is 15.0. The van der Waals surface area contributed by atoms with Crippen molar-refractivity contribution in [2.24, 2.45) is 5.92 Å². The molecular formula is C16H23BrFNO. The lowest BCUT2D eigenvalue weighted by Gasteiger charge is -2.07. The summed E-state index contributed by atoms with van der Waals surface area (Å²) in [5, 5.41) is 2.82. The molecule has 20 heavy (non-hydrogen) atoms. The van der Waals surface area contributed by atoms with Gasteiger partial charge < -0.3 is 5.32 Å². The fraction of sp³-hybridized carbons (Fsp3) is 0.562. The van der Waals surface area contributed by atoms with Crippen LogP contribution in [-0.2, 0) is 0 Å². The van der Waals surface area contributed by atoms with Gasteiger partial charge in [-0.1, -0.05) is 39.5 Å². The smallest absolute Gasteiger partial charge is 0.251 e. The van der Waals surface area contributed by atoms with Crippen molar-refractivity contribution in [3.63, 3.8) is 0 Å². The zero-order valence-electron chi connectivity index (χ0n) is 12.2. The first-order chi connectivity index (χ1) is 9.50. The van der Waals surface area contributed by atoms with Gasteiger partial charge in [0, 0.05) is 12.1 Å². The van der Waals surface area contributed by atoms with E-state index in [9.17, 15) is 9.18 Å². The Bertz CT molecular complexity index is 434. The summed E-state index contributed by atoms with van der Waals surface area (Å²) in [6.07, 6.45) is 5.83. The molecule has 0 aliphatic carbocycles. The minimum Gasteiger partial charge on any atom is -0.352 e. The molecule has 112 valence electrons. The molecule has 0 aromatic heterocycles. The molecule has 1 rings (SSSR count). The van der Waals surface area contributed by atoms with Crippen LogP contribution in [0, 0.1) is 11.7 Å². The number of amides is 1. The number of nitrogens with one attached hydrogen (secondary N) is 1. The topological polar surface area (TPSA) is 29.1 Å². The van der Waals surface area contributed by atoms with Crippen LogP contribution < -0.4 is 5.32 Å². The fourth-order valence-electron chi connectivity index (χ4n) is 1.97. The van der Waals surface area contributed by atoms with Crippen LogP contribution in [0.3, 0.4) is 0 Å². The summed E-state index contributed by atoms with van der Waals surface area (Å²) in [6, 6.07) is 4.42. The number of halogens is 2. The van der Waals surface area contributed by atoms with E-state index in [0.717, 1.165) is 18.8 Å². The van der Waals surface area contributed by atoms with Crippen LogP contribution in [0.25, 0.3) is 0 Å². The molecule has 0 aliphatic heterocycles. The summed E-state index contributed by atoms with van der Waals surface area (Å²) < 4.78 is 13.7.